The number of ether oxygens (including phenoxy) is 2. The number of benzene rings is 1. The van der Waals surface area contributed by atoms with Crippen LogP contribution >= 0.6 is 0 Å². The van der Waals surface area contributed by atoms with Gasteiger partial charge in [-0.25, -0.2) is 8.42 Å². The third kappa shape index (κ3) is 4.62. The minimum atomic E-state index is -3.52. The van der Waals surface area contributed by atoms with Crippen molar-refractivity contribution in [2.24, 2.45) is 0 Å². The van der Waals surface area contributed by atoms with Gasteiger partial charge in [0.25, 0.3) is 5.91 Å². The summed E-state index contributed by atoms with van der Waals surface area (Å²) in [6.45, 7) is 5.65. The van der Waals surface area contributed by atoms with Crippen molar-refractivity contribution in [3.63, 3.8) is 0 Å². The molecule has 2 aliphatic rings. The van der Waals surface area contributed by atoms with Gasteiger partial charge in [0.1, 0.15) is 5.75 Å². The SMILES string of the molecule is C[C@H]1CCC[C@H](C)N1C(=O)COc1ccc(S(=O)(=O)N2CCOCC2)cc1. The maximum Gasteiger partial charge on any atom is 0.260 e. The molecule has 0 radical (unpaired) electrons. The van der Waals surface area contributed by atoms with Crippen LogP contribution in [0.2, 0.25) is 0 Å². The molecule has 2 saturated heterocycles. The Morgan fingerprint density at radius 1 is 1.11 bits per heavy atom. The summed E-state index contributed by atoms with van der Waals surface area (Å²) in [6, 6.07) is 6.71. The summed E-state index contributed by atoms with van der Waals surface area (Å²) in [5.41, 5.74) is 0. The van der Waals surface area contributed by atoms with Crippen molar-refractivity contribution in [3.05, 3.63) is 24.3 Å². The highest BCUT2D eigenvalue weighted by atomic mass is 32.2. The molecule has 3 rings (SSSR count). The molecular weight excluding hydrogens is 368 g/mol. The van der Waals surface area contributed by atoms with E-state index in [1.807, 2.05) is 4.90 Å². The van der Waals surface area contributed by atoms with Crippen LogP contribution in [0.4, 0.5) is 0 Å². The number of sulfonamides is 1. The number of morpholine rings is 1. The van der Waals surface area contributed by atoms with E-state index in [1.165, 1.54) is 16.4 Å². The van der Waals surface area contributed by atoms with E-state index in [1.54, 1.807) is 12.1 Å². The van der Waals surface area contributed by atoms with Crippen LogP contribution in [0.1, 0.15) is 33.1 Å². The Bertz CT molecular complexity index is 734. The molecule has 0 aliphatic carbocycles. The molecule has 8 heteroatoms. The van der Waals surface area contributed by atoms with Gasteiger partial charge in [0.2, 0.25) is 10.0 Å². The molecule has 0 spiro atoms. The van der Waals surface area contributed by atoms with Crippen LogP contribution in [0.5, 0.6) is 5.75 Å². The average molecular weight is 397 g/mol. The summed E-state index contributed by atoms with van der Waals surface area (Å²) in [6.07, 6.45) is 3.18. The lowest BCUT2D eigenvalue weighted by molar-refractivity contribution is -0.139. The zero-order valence-corrected chi connectivity index (χ0v) is 16.8. The predicted molar refractivity (Wildman–Crippen MR) is 101 cm³/mol. The summed E-state index contributed by atoms with van der Waals surface area (Å²) in [5.74, 6) is 0.460. The normalized spacial score (nSPS) is 24.6. The van der Waals surface area contributed by atoms with E-state index in [-0.39, 0.29) is 29.5 Å². The molecule has 0 saturated carbocycles. The van der Waals surface area contributed by atoms with Gasteiger partial charge in [-0.05, 0) is 57.4 Å². The highest BCUT2D eigenvalue weighted by molar-refractivity contribution is 7.89. The van der Waals surface area contributed by atoms with Crippen molar-refractivity contribution >= 4 is 15.9 Å². The van der Waals surface area contributed by atoms with Crippen LogP contribution < -0.4 is 4.74 Å². The van der Waals surface area contributed by atoms with E-state index < -0.39 is 10.0 Å². The second-order valence-corrected chi connectivity index (χ2v) is 9.14. The summed E-state index contributed by atoms with van der Waals surface area (Å²) in [5, 5.41) is 0. The molecule has 0 aromatic heterocycles. The van der Waals surface area contributed by atoms with Crippen molar-refractivity contribution in [3.8, 4) is 5.75 Å². The van der Waals surface area contributed by atoms with E-state index in [0.29, 0.717) is 32.1 Å². The zero-order chi connectivity index (χ0) is 19.4. The van der Waals surface area contributed by atoms with Crippen LogP contribution in [0, 0.1) is 0 Å². The van der Waals surface area contributed by atoms with Crippen molar-refractivity contribution in [1.29, 1.82) is 0 Å². The predicted octanol–water partition coefficient (Wildman–Crippen LogP) is 1.88. The third-order valence-electron chi connectivity index (χ3n) is 5.28. The van der Waals surface area contributed by atoms with Crippen LogP contribution in [-0.2, 0) is 19.6 Å². The standard InChI is InChI=1S/C19H28N2O5S/c1-15-4-3-5-16(2)21(15)19(22)14-26-17-6-8-18(9-7-17)27(23,24)20-10-12-25-13-11-20/h6-9,15-16H,3-5,10-14H2,1-2H3/t15-,16-/m0/s1. The Balaban J connectivity index is 1.60. The Hall–Kier alpha value is -1.64. The first-order valence-corrected chi connectivity index (χ1v) is 11.0. The molecule has 2 heterocycles. The van der Waals surface area contributed by atoms with Gasteiger partial charge in [-0.2, -0.15) is 4.31 Å². The molecule has 1 amide bonds. The van der Waals surface area contributed by atoms with E-state index in [9.17, 15) is 13.2 Å². The molecular formula is C19H28N2O5S. The first-order chi connectivity index (χ1) is 12.9. The molecule has 0 N–H and O–H groups in total. The molecule has 2 aliphatic heterocycles. The largest absolute Gasteiger partial charge is 0.484 e. The lowest BCUT2D eigenvalue weighted by atomic mass is 9.97. The minimum Gasteiger partial charge on any atom is -0.484 e. The van der Waals surface area contributed by atoms with Crippen molar-refractivity contribution in [2.45, 2.75) is 50.1 Å². The summed E-state index contributed by atoms with van der Waals surface area (Å²) < 4.78 is 37.5. The molecule has 1 aromatic rings. The highest BCUT2D eigenvalue weighted by Gasteiger charge is 2.29. The number of hydrogen-bond donors (Lipinski definition) is 0. The van der Waals surface area contributed by atoms with Gasteiger partial charge in [0.15, 0.2) is 6.61 Å². The van der Waals surface area contributed by atoms with Crippen LogP contribution in [-0.4, -0.2) is 68.5 Å². The Morgan fingerprint density at radius 2 is 1.70 bits per heavy atom. The van der Waals surface area contributed by atoms with Crippen LogP contribution in [0.15, 0.2) is 29.2 Å². The van der Waals surface area contributed by atoms with Crippen molar-refractivity contribution in [2.75, 3.05) is 32.9 Å². The summed E-state index contributed by atoms with van der Waals surface area (Å²) in [7, 11) is -3.52. The van der Waals surface area contributed by atoms with E-state index in [0.717, 1.165) is 19.3 Å². The molecule has 1 aromatic carbocycles. The quantitative estimate of drug-likeness (QED) is 0.760. The van der Waals surface area contributed by atoms with Gasteiger partial charge in [0.05, 0.1) is 18.1 Å². The van der Waals surface area contributed by atoms with Gasteiger partial charge in [-0.3, -0.25) is 4.79 Å². The summed E-state index contributed by atoms with van der Waals surface area (Å²) in [4.78, 5) is 14.6. The lowest BCUT2D eigenvalue weighted by Crippen LogP contribution is -2.49. The molecule has 2 atom stereocenters. The molecule has 2 fully saturated rings. The highest BCUT2D eigenvalue weighted by Crippen LogP contribution is 2.24. The second-order valence-electron chi connectivity index (χ2n) is 7.21. The fourth-order valence-corrected chi connectivity index (χ4v) is 5.18. The number of likely N-dealkylation sites (tertiary alicyclic amines) is 1. The third-order valence-corrected chi connectivity index (χ3v) is 7.19. The van der Waals surface area contributed by atoms with E-state index in [2.05, 4.69) is 13.8 Å². The number of rotatable bonds is 5. The number of amides is 1. The van der Waals surface area contributed by atoms with Crippen molar-refractivity contribution in [1.82, 2.24) is 9.21 Å². The van der Waals surface area contributed by atoms with E-state index in [4.69, 9.17) is 9.47 Å². The number of carbonyl (C=O) groups is 1. The topological polar surface area (TPSA) is 76.2 Å². The van der Waals surface area contributed by atoms with Gasteiger partial charge in [-0.1, -0.05) is 0 Å². The first kappa shape index (κ1) is 20.1. The molecule has 27 heavy (non-hydrogen) atoms. The number of nitrogens with zero attached hydrogens (tertiary/aromatic N) is 2. The molecule has 7 nitrogen and oxygen atoms in total. The first-order valence-electron chi connectivity index (χ1n) is 9.51. The lowest BCUT2D eigenvalue weighted by Gasteiger charge is -2.38. The Morgan fingerprint density at radius 3 is 2.30 bits per heavy atom. The molecule has 0 bridgehead atoms. The van der Waals surface area contributed by atoms with Gasteiger partial charge in [-0.15, -0.1) is 0 Å². The fourth-order valence-electron chi connectivity index (χ4n) is 3.78. The van der Waals surface area contributed by atoms with Gasteiger partial charge in [0, 0.05) is 25.2 Å². The van der Waals surface area contributed by atoms with Crippen molar-refractivity contribution < 1.29 is 22.7 Å². The zero-order valence-electron chi connectivity index (χ0n) is 16.0. The molecule has 0 unspecified atom stereocenters. The number of hydrogen-bond acceptors (Lipinski definition) is 5. The van der Waals surface area contributed by atoms with Crippen LogP contribution in [0.25, 0.3) is 0 Å². The minimum absolute atomic E-state index is 0.0280. The van der Waals surface area contributed by atoms with Crippen LogP contribution in [0.3, 0.4) is 0 Å². The Labute approximate surface area is 161 Å². The smallest absolute Gasteiger partial charge is 0.260 e. The fraction of sp³-hybridized carbons (Fsp3) is 0.632. The monoisotopic (exact) mass is 396 g/mol. The number of carbonyl (C=O) groups excluding carboxylic acids is 1. The Kier molecular flexibility index (Phi) is 6.39. The second kappa shape index (κ2) is 8.58. The van der Waals surface area contributed by atoms with Gasteiger partial charge >= 0.3 is 0 Å². The number of piperidine rings is 1. The maximum absolute atomic E-state index is 12.6. The van der Waals surface area contributed by atoms with Gasteiger partial charge < -0.3 is 14.4 Å². The molecule has 150 valence electrons. The average Bonchev–Trinajstić information content (AvgIpc) is 2.67. The maximum atomic E-state index is 12.6. The summed E-state index contributed by atoms with van der Waals surface area (Å²) >= 11 is 0. The van der Waals surface area contributed by atoms with E-state index >= 15 is 0 Å².